The lowest BCUT2D eigenvalue weighted by molar-refractivity contribution is 0.268. The van der Waals surface area contributed by atoms with Gasteiger partial charge < -0.3 is 15.9 Å². The van der Waals surface area contributed by atoms with Crippen LogP contribution in [0.4, 0.5) is 0 Å². The summed E-state index contributed by atoms with van der Waals surface area (Å²) in [6.07, 6.45) is 1.66. The van der Waals surface area contributed by atoms with Crippen molar-refractivity contribution >= 4 is 0 Å². The minimum absolute atomic E-state index is 0.0318. The van der Waals surface area contributed by atoms with E-state index >= 15 is 0 Å². The van der Waals surface area contributed by atoms with Gasteiger partial charge in [-0.2, -0.15) is 0 Å². The Bertz CT molecular complexity index is 258. The Labute approximate surface area is 84.2 Å². The molecule has 0 aliphatic carbocycles. The molecule has 3 heteroatoms. The van der Waals surface area contributed by atoms with E-state index in [9.17, 15) is 0 Å². The van der Waals surface area contributed by atoms with E-state index in [0.717, 1.165) is 18.4 Å². The molecule has 1 aromatic carbocycles. The van der Waals surface area contributed by atoms with E-state index in [0.29, 0.717) is 0 Å². The van der Waals surface area contributed by atoms with E-state index < -0.39 is 0 Å². The van der Waals surface area contributed by atoms with Crippen molar-refractivity contribution in [2.24, 2.45) is 5.73 Å². The Morgan fingerprint density at radius 3 is 2.29 bits per heavy atom. The van der Waals surface area contributed by atoms with Gasteiger partial charge in [0.15, 0.2) is 0 Å². The van der Waals surface area contributed by atoms with E-state index in [-0.39, 0.29) is 19.3 Å². The molecular weight excluding hydrogens is 178 g/mol. The molecule has 0 aromatic heterocycles. The molecule has 0 aliphatic heterocycles. The highest BCUT2D eigenvalue weighted by Crippen LogP contribution is 2.12. The lowest BCUT2D eigenvalue weighted by Gasteiger charge is -2.08. The summed E-state index contributed by atoms with van der Waals surface area (Å²) in [5.41, 5.74) is 7.79. The second-order valence-corrected chi connectivity index (χ2v) is 3.36. The quantitative estimate of drug-likeness (QED) is 0.644. The van der Waals surface area contributed by atoms with Crippen molar-refractivity contribution in [3.05, 3.63) is 35.4 Å². The lowest BCUT2D eigenvalue weighted by atomic mass is 10.0. The highest BCUT2D eigenvalue weighted by molar-refractivity contribution is 5.24. The van der Waals surface area contributed by atoms with Crippen LogP contribution in [-0.2, 0) is 6.42 Å². The van der Waals surface area contributed by atoms with Gasteiger partial charge in [-0.3, -0.25) is 0 Å². The summed E-state index contributed by atoms with van der Waals surface area (Å²) in [5, 5.41) is 17.5. The standard InChI is InChI=1S/C11H17NO2/c12-11(8-14)10-5-3-9(4-6-10)2-1-7-13/h3-6,11,13-14H,1-2,7-8,12H2. The summed E-state index contributed by atoms with van der Waals surface area (Å²) < 4.78 is 0. The van der Waals surface area contributed by atoms with Gasteiger partial charge in [0.05, 0.1) is 12.6 Å². The van der Waals surface area contributed by atoms with Crippen molar-refractivity contribution in [3.8, 4) is 0 Å². The van der Waals surface area contributed by atoms with Crippen LogP contribution in [0.2, 0.25) is 0 Å². The molecule has 0 bridgehead atoms. The van der Waals surface area contributed by atoms with E-state index in [2.05, 4.69) is 0 Å². The van der Waals surface area contributed by atoms with Gasteiger partial charge in [-0.15, -0.1) is 0 Å². The van der Waals surface area contributed by atoms with Crippen molar-refractivity contribution in [2.45, 2.75) is 18.9 Å². The fraction of sp³-hybridized carbons (Fsp3) is 0.455. The van der Waals surface area contributed by atoms with E-state index in [1.54, 1.807) is 0 Å². The second kappa shape index (κ2) is 5.75. The summed E-state index contributed by atoms with van der Waals surface area (Å²) in [4.78, 5) is 0. The van der Waals surface area contributed by atoms with Gasteiger partial charge in [-0.25, -0.2) is 0 Å². The maximum Gasteiger partial charge on any atom is 0.0624 e. The Hall–Kier alpha value is -0.900. The van der Waals surface area contributed by atoms with E-state index in [1.807, 2.05) is 24.3 Å². The molecule has 0 saturated carbocycles. The average molecular weight is 195 g/mol. The second-order valence-electron chi connectivity index (χ2n) is 3.36. The zero-order chi connectivity index (χ0) is 10.4. The Balaban J connectivity index is 2.59. The van der Waals surface area contributed by atoms with Crippen molar-refractivity contribution < 1.29 is 10.2 Å². The SMILES string of the molecule is NC(CO)c1ccc(CCCO)cc1. The molecule has 1 unspecified atom stereocenters. The number of aliphatic hydroxyl groups excluding tert-OH is 2. The van der Waals surface area contributed by atoms with Crippen LogP contribution in [0.15, 0.2) is 24.3 Å². The third-order valence-corrected chi connectivity index (χ3v) is 2.23. The first kappa shape index (κ1) is 11.2. The molecule has 0 radical (unpaired) electrons. The summed E-state index contributed by atoms with van der Waals surface area (Å²) in [7, 11) is 0. The third kappa shape index (κ3) is 3.10. The highest BCUT2D eigenvalue weighted by atomic mass is 16.3. The van der Waals surface area contributed by atoms with Crippen molar-refractivity contribution in [2.75, 3.05) is 13.2 Å². The van der Waals surface area contributed by atoms with Crippen molar-refractivity contribution in [1.29, 1.82) is 0 Å². The topological polar surface area (TPSA) is 66.5 Å². The normalized spacial score (nSPS) is 12.8. The van der Waals surface area contributed by atoms with Gasteiger partial charge in [0.1, 0.15) is 0 Å². The molecule has 0 amide bonds. The number of nitrogens with two attached hydrogens (primary N) is 1. The Morgan fingerprint density at radius 2 is 1.79 bits per heavy atom. The number of hydrogen-bond acceptors (Lipinski definition) is 3. The van der Waals surface area contributed by atoms with Gasteiger partial charge >= 0.3 is 0 Å². The molecule has 4 N–H and O–H groups in total. The van der Waals surface area contributed by atoms with Crippen LogP contribution >= 0.6 is 0 Å². The van der Waals surface area contributed by atoms with Gasteiger partial charge in [0.25, 0.3) is 0 Å². The molecule has 1 rings (SSSR count). The lowest BCUT2D eigenvalue weighted by Crippen LogP contribution is -2.14. The molecule has 1 atom stereocenters. The average Bonchev–Trinajstić information content (AvgIpc) is 2.26. The van der Waals surface area contributed by atoms with Gasteiger partial charge in [0, 0.05) is 6.61 Å². The van der Waals surface area contributed by atoms with Crippen molar-refractivity contribution in [1.82, 2.24) is 0 Å². The number of aliphatic hydroxyl groups is 2. The maximum absolute atomic E-state index is 8.84. The minimum atomic E-state index is -0.290. The van der Waals surface area contributed by atoms with Crippen molar-refractivity contribution in [3.63, 3.8) is 0 Å². The number of rotatable bonds is 5. The van der Waals surface area contributed by atoms with Crippen LogP contribution in [0.25, 0.3) is 0 Å². The Kier molecular flexibility index (Phi) is 4.59. The summed E-state index contributed by atoms with van der Waals surface area (Å²) in [6.45, 7) is 0.188. The zero-order valence-corrected chi connectivity index (χ0v) is 8.19. The minimum Gasteiger partial charge on any atom is -0.396 e. The summed E-state index contributed by atoms with van der Waals surface area (Å²) in [6, 6.07) is 7.53. The molecule has 0 fully saturated rings. The van der Waals surface area contributed by atoms with E-state index in [1.165, 1.54) is 5.56 Å². The highest BCUT2D eigenvalue weighted by Gasteiger charge is 2.03. The van der Waals surface area contributed by atoms with Crippen LogP contribution < -0.4 is 5.73 Å². The zero-order valence-electron chi connectivity index (χ0n) is 8.19. The Morgan fingerprint density at radius 1 is 1.14 bits per heavy atom. The van der Waals surface area contributed by atoms with Crippen LogP contribution in [0, 0.1) is 0 Å². The van der Waals surface area contributed by atoms with Crippen LogP contribution in [0.1, 0.15) is 23.6 Å². The molecule has 0 saturated heterocycles. The third-order valence-electron chi connectivity index (χ3n) is 2.23. The fourth-order valence-corrected chi connectivity index (χ4v) is 1.32. The number of aryl methyl sites for hydroxylation is 1. The van der Waals surface area contributed by atoms with Crippen LogP contribution in [-0.4, -0.2) is 23.4 Å². The largest absolute Gasteiger partial charge is 0.396 e. The number of benzene rings is 1. The van der Waals surface area contributed by atoms with Gasteiger partial charge in [-0.05, 0) is 24.0 Å². The first-order valence-electron chi connectivity index (χ1n) is 4.84. The first-order valence-corrected chi connectivity index (χ1v) is 4.84. The van der Waals surface area contributed by atoms with Gasteiger partial charge in [0.2, 0.25) is 0 Å². The molecule has 3 nitrogen and oxygen atoms in total. The molecular formula is C11H17NO2. The predicted molar refractivity (Wildman–Crippen MR) is 55.9 cm³/mol. The predicted octanol–water partition coefficient (Wildman–Crippen LogP) is 0.604. The smallest absolute Gasteiger partial charge is 0.0624 e. The maximum atomic E-state index is 8.84. The van der Waals surface area contributed by atoms with Crippen LogP contribution in [0.3, 0.4) is 0 Å². The molecule has 0 spiro atoms. The number of hydrogen-bond donors (Lipinski definition) is 3. The summed E-state index contributed by atoms with van der Waals surface area (Å²) in [5.74, 6) is 0. The van der Waals surface area contributed by atoms with E-state index in [4.69, 9.17) is 15.9 Å². The molecule has 0 aliphatic rings. The van der Waals surface area contributed by atoms with Crippen LogP contribution in [0.5, 0.6) is 0 Å². The molecule has 0 heterocycles. The fourth-order valence-electron chi connectivity index (χ4n) is 1.32. The first-order chi connectivity index (χ1) is 6.77. The van der Waals surface area contributed by atoms with Gasteiger partial charge in [-0.1, -0.05) is 24.3 Å². The monoisotopic (exact) mass is 195 g/mol. The molecule has 14 heavy (non-hydrogen) atoms. The molecule has 78 valence electrons. The summed E-state index contributed by atoms with van der Waals surface area (Å²) >= 11 is 0. The molecule has 1 aromatic rings.